The van der Waals surface area contributed by atoms with Crippen molar-refractivity contribution in [3.8, 4) is 0 Å². The lowest BCUT2D eigenvalue weighted by Gasteiger charge is -2.44. The topological polar surface area (TPSA) is 64.7 Å². The van der Waals surface area contributed by atoms with Crippen LogP contribution in [-0.4, -0.2) is 65.9 Å². The van der Waals surface area contributed by atoms with Gasteiger partial charge in [-0.25, -0.2) is 0 Å². The molecule has 0 bridgehead atoms. The van der Waals surface area contributed by atoms with Crippen LogP contribution in [0.5, 0.6) is 0 Å². The summed E-state index contributed by atoms with van der Waals surface area (Å²) in [6, 6.07) is 8.03. The van der Waals surface area contributed by atoms with Crippen molar-refractivity contribution < 1.29 is 9.59 Å². The predicted octanol–water partition coefficient (Wildman–Crippen LogP) is 2.60. The Kier molecular flexibility index (Phi) is 7.28. The minimum atomic E-state index is -0.399. The van der Waals surface area contributed by atoms with Crippen LogP contribution >= 0.6 is 0 Å². The Bertz CT molecular complexity index is 751. The third-order valence-electron chi connectivity index (χ3n) is 7.50. The Morgan fingerprint density at radius 3 is 2.48 bits per heavy atom. The van der Waals surface area contributed by atoms with Crippen LogP contribution in [0.3, 0.4) is 0 Å². The molecule has 3 fully saturated rings. The van der Waals surface area contributed by atoms with Crippen molar-refractivity contribution in [2.75, 3.05) is 32.7 Å². The second kappa shape index (κ2) is 10.1. The van der Waals surface area contributed by atoms with Gasteiger partial charge < -0.3 is 10.6 Å². The number of carbonyl (C=O) groups is 2. The molecule has 170 valence electrons. The highest BCUT2D eigenvalue weighted by atomic mass is 16.2. The van der Waals surface area contributed by atoms with Crippen LogP contribution in [0.25, 0.3) is 0 Å². The molecule has 2 heterocycles. The third kappa shape index (κ3) is 5.47. The predicted molar refractivity (Wildman–Crippen MR) is 123 cm³/mol. The number of hydrogen-bond acceptors (Lipinski definition) is 4. The van der Waals surface area contributed by atoms with E-state index in [4.69, 9.17) is 0 Å². The van der Waals surface area contributed by atoms with Gasteiger partial charge in [-0.3, -0.25) is 19.4 Å². The Morgan fingerprint density at radius 1 is 1.06 bits per heavy atom. The van der Waals surface area contributed by atoms with E-state index in [0.717, 1.165) is 26.2 Å². The molecule has 0 spiro atoms. The first-order valence-electron chi connectivity index (χ1n) is 12.1. The fourth-order valence-electron chi connectivity index (χ4n) is 5.62. The van der Waals surface area contributed by atoms with Gasteiger partial charge >= 0.3 is 0 Å². The molecule has 1 aromatic carbocycles. The van der Waals surface area contributed by atoms with Crippen molar-refractivity contribution in [3.63, 3.8) is 0 Å². The molecule has 6 heteroatoms. The van der Waals surface area contributed by atoms with Crippen molar-refractivity contribution in [1.82, 2.24) is 20.4 Å². The molecule has 2 saturated heterocycles. The van der Waals surface area contributed by atoms with Crippen molar-refractivity contribution in [2.45, 2.75) is 76.4 Å². The minimum Gasteiger partial charge on any atom is -0.354 e. The first-order valence-corrected chi connectivity index (χ1v) is 12.1. The molecule has 4 rings (SSSR count). The maximum Gasteiger partial charge on any atom is 0.237 e. The SMILES string of the molecule is Cc1ccc(CN2CCNC(=O)C2CC(=O)NCC2(N3CCCCC3)CCCC2)cc1. The van der Waals surface area contributed by atoms with Crippen molar-refractivity contribution in [2.24, 2.45) is 0 Å². The van der Waals surface area contributed by atoms with Crippen molar-refractivity contribution >= 4 is 11.8 Å². The maximum atomic E-state index is 12.9. The van der Waals surface area contributed by atoms with Crippen LogP contribution in [0, 0.1) is 6.92 Å². The van der Waals surface area contributed by atoms with E-state index in [9.17, 15) is 9.59 Å². The quantitative estimate of drug-likeness (QED) is 0.704. The first-order chi connectivity index (χ1) is 15.1. The van der Waals surface area contributed by atoms with E-state index in [2.05, 4.69) is 51.6 Å². The van der Waals surface area contributed by atoms with Gasteiger partial charge in [-0.2, -0.15) is 0 Å². The van der Waals surface area contributed by atoms with Crippen LogP contribution in [0.4, 0.5) is 0 Å². The average molecular weight is 427 g/mol. The van der Waals surface area contributed by atoms with E-state index in [1.54, 1.807) is 0 Å². The number of amides is 2. The number of nitrogens with one attached hydrogen (secondary N) is 2. The summed E-state index contributed by atoms with van der Waals surface area (Å²) in [6.45, 7) is 7.22. The average Bonchev–Trinajstić information content (AvgIpc) is 3.27. The van der Waals surface area contributed by atoms with Gasteiger partial charge in [-0.1, -0.05) is 49.1 Å². The molecular weight excluding hydrogens is 388 g/mol. The molecule has 3 aliphatic rings. The lowest BCUT2D eigenvalue weighted by atomic mass is 9.92. The van der Waals surface area contributed by atoms with Crippen LogP contribution in [0.2, 0.25) is 0 Å². The van der Waals surface area contributed by atoms with Gasteiger partial charge in [0.05, 0.1) is 12.5 Å². The Morgan fingerprint density at radius 2 is 1.77 bits per heavy atom. The number of piperidine rings is 1. The molecule has 1 aliphatic carbocycles. The summed E-state index contributed by atoms with van der Waals surface area (Å²) in [4.78, 5) is 30.4. The van der Waals surface area contributed by atoms with E-state index in [1.165, 1.54) is 56.1 Å². The summed E-state index contributed by atoms with van der Waals surface area (Å²) in [5.41, 5.74) is 2.54. The maximum absolute atomic E-state index is 12.9. The smallest absolute Gasteiger partial charge is 0.237 e. The van der Waals surface area contributed by atoms with E-state index >= 15 is 0 Å². The molecule has 0 radical (unpaired) electrons. The monoisotopic (exact) mass is 426 g/mol. The van der Waals surface area contributed by atoms with Gasteiger partial charge in [0.25, 0.3) is 0 Å². The standard InChI is InChI=1S/C25H38N4O2/c1-20-7-9-21(10-8-20)18-28-16-13-26-24(31)22(28)17-23(30)27-19-25(11-3-4-12-25)29-14-5-2-6-15-29/h7-10,22H,2-6,11-19H2,1H3,(H,26,31)(H,27,30). The Balaban J connectivity index is 1.36. The molecule has 1 saturated carbocycles. The van der Waals surface area contributed by atoms with Gasteiger partial charge in [-0.15, -0.1) is 0 Å². The van der Waals surface area contributed by atoms with Crippen LogP contribution in [0.15, 0.2) is 24.3 Å². The van der Waals surface area contributed by atoms with Gasteiger partial charge in [-0.05, 0) is 51.3 Å². The molecule has 2 amide bonds. The van der Waals surface area contributed by atoms with Crippen molar-refractivity contribution in [3.05, 3.63) is 35.4 Å². The first kappa shape index (κ1) is 22.3. The second-order valence-electron chi connectivity index (χ2n) is 9.72. The van der Waals surface area contributed by atoms with E-state index in [-0.39, 0.29) is 23.8 Å². The van der Waals surface area contributed by atoms with E-state index in [0.29, 0.717) is 13.1 Å². The minimum absolute atomic E-state index is 0.000703. The lowest BCUT2D eigenvalue weighted by Crippen LogP contribution is -2.58. The van der Waals surface area contributed by atoms with Gasteiger partial charge in [0, 0.05) is 31.7 Å². The van der Waals surface area contributed by atoms with Crippen molar-refractivity contribution in [1.29, 1.82) is 0 Å². The summed E-state index contributed by atoms with van der Waals surface area (Å²) in [7, 11) is 0. The summed E-state index contributed by atoms with van der Waals surface area (Å²) >= 11 is 0. The fraction of sp³-hybridized carbons (Fsp3) is 0.680. The molecular formula is C25H38N4O2. The second-order valence-corrected chi connectivity index (χ2v) is 9.72. The third-order valence-corrected chi connectivity index (χ3v) is 7.50. The Labute approximate surface area is 186 Å². The van der Waals surface area contributed by atoms with Crippen LogP contribution in [0.1, 0.15) is 62.5 Å². The number of rotatable bonds is 7. The van der Waals surface area contributed by atoms with E-state index < -0.39 is 6.04 Å². The molecule has 6 nitrogen and oxygen atoms in total. The summed E-state index contributed by atoms with van der Waals surface area (Å²) in [6.07, 6.45) is 8.95. The molecule has 1 aromatic rings. The zero-order valence-electron chi connectivity index (χ0n) is 19.0. The zero-order valence-corrected chi connectivity index (χ0v) is 19.0. The zero-order chi connectivity index (χ0) is 21.7. The molecule has 1 unspecified atom stereocenters. The highest BCUT2D eigenvalue weighted by molar-refractivity contribution is 5.88. The lowest BCUT2D eigenvalue weighted by molar-refractivity contribution is -0.134. The molecule has 2 aliphatic heterocycles. The fourth-order valence-corrected chi connectivity index (χ4v) is 5.62. The number of aryl methyl sites for hydroxylation is 1. The normalized spacial score (nSPS) is 24.7. The van der Waals surface area contributed by atoms with Crippen LogP contribution in [-0.2, 0) is 16.1 Å². The highest BCUT2D eigenvalue weighted by Crippen LogP contribution is 2.36. The van der Waals surface area contributed by atoms with Gasteiger partial charge in [0.1, 0.15) is 0 Å². The largest absolute Gasteiger partial charge is 0.354 e. The molecule has 31 heavy (non-hydrogen) atoms. The summed E-state index contributed by atoms with van der Waals surface area (Å²) in [5, 5.41) is 6.19. The van der Waals surface area contributed by atoms with Crippen LogP contribution < -0.4 is 10.6 Å². The number of likely N-dealkylation sites (tertiary alicyclic amines) is 1. The number of benzene rings is 1. The number of hydrogen-bond donors (Lipinski definition) is 2. The summed E-state index contributed by atoms with van der Waals surface area (Å²) < 4.78 is 0. The van der Waals surface area contributed by atoms with Gasteiger partial charge in [0.2, 0.25) is 11.8 Å². The molecule has 1 atom stereocenters. The Hall–Kier alpha value is -1.92. The number of carbonyl (C=O) groups excluding carboxylic acids is 2. The highest BCUT2D eigenvalue weighted by Gasteiger charge is 2.40. The van der Waals surface area contributed by atoms with E-state index in [1.807, 2.05) is 0 Å². The molecule has 2 N–H and O–H groups in total. The van der Waals surface area contributed by atoms with Gasteiger partial charge in [0.15, 0.2) is 0 Å². The number of piperazine rings is 1. The number of nitrogens with zero attached hydrogens (tertiary/aromatic N) is 2. The molecule has 0 aromatic heterocycles. The summed E-state index contributed by atoms with van der Waals surface area (Å²) in [5.74, 6) is -0.0284.